The third-order valence-electron chi connectivity index (χ3n) is 2.65. The van der Waals surface area contributed by atoms with Crippen LogP contribution in [0.15, 0.2) is 29.2 Å². The van der Waals surface area contributed by atoms with E-state index in [2.05, 4.69) is 20.7 Å². The summed E-state index contributed by atoms with van der Waals surface area (Å²) >= 11 is 3.33. The Hall–Kier alpha value is -0.390. The molecule has 1 aliphatic rings. The summed E-state index contributed by atoms with van der Waals surface area (Å²) in [4.78, 5) is 0.345. The van der Waals surface area contributed by atoms with Gasteiger partial charge in [-0.05, 0) is 36.5 Å². The van der Waals surface area contributed by atoms with Crippen LogP contribution in [0.2, 0.25) is 0 Å². The molecule has 0 aromatic heterocycles. The lowest BCUT2D eigenvalue weighted by Crippen LogP contribution is -2.25. The molecule has 2 rings (SSSR count). The minimum absolute atomic E-state index is 0.345. The molecule has 0 bridgehead atoms. The molecule has 0 unspecified atom stereocenters. The van der Waals surface area contributed by atoms with Crippen LogP contribution in [0.3, 0.4) is 0 Å². The zero-order valence-electron chi connectivity index (χ0n) is 8.82. The van der Waals surface area contributed by atoms with Crippen LogP contribution in [0.4, 0.5) is 0 Å². The van der Waals surface area contributed by atoms with E-state index in [4.69, 9.17) is 0 Å². The first-order chi connectivity index (χ1) is 7.62. The van der Waals surface area contributed by atoms with E-state index < -0.39 is 10.0 Å². The van der Waals surface area contributed by atoms with Gasteiger partial charge in [0, 0.05) is 11.9 Å². The summed E-state index contributed by atoms with van der Waals surface area (Å²) < 4.78 is 26.3. The minimum atomic E-state index is -3.31. The smallest absolute Gasteiger partial charge is 0.211 e. The molecule has 1 aromatic rings. The highest BCUT2D eigenvalue weighted by Gasteiger charge is 2.24. The normalized spacial score (nSPS) is 16.3. The first kappa shape index (κ1) is 12.1. The molecule has 1 fully saturated rings. The Bertz CT molecular complexity index is 451. The zero-order valence-corrected chi connectivity index (χ0v) is 11.2. The zero-order chi connectivity index (χ0) is 11.6. The molecule has 5 heteroatoms. The predicted molar refractivity (Wildman–Crippen MR) is 67.0 cm³/mol. The van der Waals surface area contributed by atoms with Crippen LogP contribution in [0.1, 0.15) is 18.4 Å². The van der Waals surface area contributed by atoms with E-state index in [0.29, 0.717) is 17.4 Å². The molecule has 0 spiro atoms. The lowest BCUT2D eigenvalue weighted by molar-refractivity contribution is 0.577. The lowest BCUT2D eigenvalue weighted by Gasteiger charge is -2.06. The summed E-state index contributed by atoms with van der Waals surface area (Å²) in [5.74, 6) is 0.552. The molecule has 88 valence electrons. The summed E-state index contributed by atoms with van der Waals surface area (Å²) in [5.41, 5.74) is 1.07. The Morgan fingerprint density at radius 2 is 1.88 bits per heavy atom. The Morgan fingerprint density at radius 3 is 2.38 bits per heavy atom. The third kappa shape index (κ3) is 3.06. The fourth-order valence-corrected chi connectivity index (χ4v) is 2.88. The maximum Gasteiger partial charge on any atom is 0.240 e. The fraction of sp³-hybridized carbons (Fsp3) is 0.455. The summed E-state index contributed by atoms with van der Waals surface area (Å²) in [6.45, 7) is 0.572. The highest BCUT2D eigenvalue weighted by molar-refractivity contribution is 9.08. The van der Waals surface area contributed by atoms with E-state index in [1.54, 1.807) is 12.1 Å². The fourth-order valence-electron chi connectivity index (χ4n) is 1.39. The average molecular weight is 304 g/mol. The van der Waals surface area contributed by atoms with E-state index in [0.717, 1.165) is 23.7 Å². The van der Waals surface area contributed by atoms with E-state index in [1.807, 2.05) is 12.1 Å². The van der Waals surface area contributed by atoms with Gasteiger partial charge < -0.3 is 0 Å². The SMILES string of the molecule is O=S(=O)(NCC1CC1)c1ccc(CBr)cc1. The van der Waals surface area contributed by atoms with Gasteiger partial charge in [0.2, 0.25) is 10.0 Å². The monoisotopic (exact) mass is 303 g/mol. The van der Waals surface area contributed by atoms with Gasteiger partial charge in [-0.3, -0.25) is 0 Å². The molecule has 3 nitrogen and oxygen atoms in total. The first-order valence-corrected chi connectivity index (χ1v) is 7.87. The molecule has 1 aromatic carbocycles. The number of sulfonamides is 1. The number of hydrogen-bond acceptors (Lipinski definition) is 2. The number of nitrogens with one attached hydrogen (secondary N) is 1. The van der Waals surface area contributed by atoms with E-state index >= 15 is 0 Å². The van der Waals surface area contributed by atoms with Crippen molar-refractivity contribution in [2.75, 3.05) is 6.54 Å². The quantitative estimate of drug-likeness (QED) is 0.848. The minimum Gasteiger partial charge on any atom is -0.211 e. The molecule has 0 atom stereocenters. The maximum absolute atomic E-state index is 11.8. The molecule has 1 saturated carbocycles. The second-order valence-corrected chi connectivity index (χ2v) is 6.40. The number of halogens is 1. The second kappa shape index (κ2) is 4.85. The number of alkyl halides is 1. The molecule has 0 amide bonds. The molecule has 1 aliphatic carbocycles. The number of rotatable bonds is 5. The molecule has 0 saturated heterocycles. The molecule has 1 N–H and O–H groups in total. The van der Waals surface area contributed by atoms with Crippen LogP contribution in [-0.2, 0) is 15.4 Å². The van der Waals surface area contributed by atoms with Crippen molar-refractivity contribution < 1.29 is 8.42 Å². The highest BCUT2D eigenvalue weighted by Crippen LogP contribution is 2.28. The topological polar surface area (TPSA) is 46.2 Å². The molecule has 0 heterocycles. The molecule has 16 heavy (non-hydrogen) atoms. The Balaban J connectivity index is 2.07. The van der Waals surface area contributed by atoms with Crippen molar-refractivity contribution in [3.63, 3.8) is 0 Å². The van der Waals surface area contributed by atoms with Crippen molar-refractivity contribution >= 4 is 26.0 Å². The highest BCUT2D eigenvalue weighted by atomic mass is 79.9. The van der Waals surface area contributed by atoms with Crippen molar-refractivity contribution in [1.29, 1.82) is 0 Å². The van der Waals surface area contributed by atoms with Gasteiger partial charge in [-0.2, -0.15) is 0 Å². The van der Waals surface area contributed by atoms with Gasteiger partial charge in [-0.1, -0.05) is 28.1 Å². The third-order valence-corrected chi connectivity index (χ3v) is 4.73. The maximum atomic E-state index is 11.8. The van der Waals surface area contributed by atoms with Crippen LogP contribution in [0, 0.1) is 5.92 Å². The van der Waals surface area contributed by atoms with Gasteiger partial charge in [0.05, 0.1) is 4.90 Å². The van der Waals surface area contributed by atoms with Gasteiger partial charge in [0.15, 0.2) is 0 Å². The summed E-state index contributed by atoms with van der Waals surface area (Å²) in [5, 5.41) is 0.739. The van der Waals surface area contributed by atoms with Crippen molar-refractivity contribution in [1.82, 2.24) is 4.72 Å². The first-order valence-electron chi connectivity index (χ1n) is 5.26. The predicted octanol–water partition coefficient (Wildman–Crippen LogP) is 2.27. The van der Waals surface area contributed by atoms with E-state index in [-0.39, 0.29) is 0 Å². The van der Waals surface area contributed by atoms with Gasteiger partial charge in [-0.25, -0.2) is 13.1 Å². The van der Waals surface area contributed by atoms with E-state index in [9.17, 15) is 8.42 Å². The van der Waals surface area contributed by atoms with Gasteiger partial charge in [-0.15, -0.1) is 0 Å². The van der Waals surface area contributed by atoms with Crippen LogP contribution in [0.5, 0.6) is 0 Å². The van der Waals surface area contributed by atoms with Gasteiger partial charge >= 0.3 is 0 Å². The van der Waals surface area contributed by atoms with Gasteiger partial charge in [0.25, 0.3) is 0 Å². The van der Waals surface area contributed by atoms with Crippen molar-refractivity contribution in [2.45, 2.75) is 23.1 Å². The number of benzene rings is 1. The Kier molecular flexibility index (Phi) is 3.66. The lowest BCUT2D eigenvalue weighted by atomic mass is 10.2. The standard InChI is InChI=1S/C11H14BrNO2S/c12-7-9-3-5-11(6-4-9)16(14,15)13-8-10-1-2-10/h3-6,10,13H,1-2,7-8H2. The Labute approximate surface area is 104 Å². The van der Waals surface area contributed by atoms with Crippen LogP contribution < -0.4 is 4.72 Å². The molecule has 0 radical (unpaired) electrons. The summed E-state index contributed by atoms with van der Waals surface area (Å²) in [7, 11) is -3.31. The summed E-state index contributed by atoms with van der Waals surface area (Å²) in [6.07, 6.45) is 2.29. The van der Waals surface area contributed by atoms with Crippen LogP contribution in [0.25, 0.3) is 0 Å². The van der Waals surface area contributed by atoms with E-state index in [1.165, 1.54) is 0 Å². The Morgan fingerprint density at radius 1 is 1.25 bits per heavy atom. The second-order valence-electron chi connectivity index (χ2n) is 4.07. The molecular formula is C11H14BrNO2S. The van der Waals surface area contributed by atoms with Crippen molar-refractivity contribution in [3.8, 4) is 0 Å². The largest absolute Gasteiger partial charge is 0.240 e. The van der Waals surface area contributed by atoms with Crippen LogP contribution in [-0.4, -0.2) is 15.0 Å². The molecule has 0 aliphatic heterocycles. The van der Waals surface area contributed by atoms with Crippen molar-refractivity contribution in [2.24, 2.45) is 5.92 Å². The number of hydrogen-bond donors (Lipinski definition) is 1. The average Bonchev–Trinajstić information content (AvgIpc) is 3.10. The van der Waals surface area contributed by atoms with Gasteiger partial charge in [0.1, 0.15) is 0 Å². The summed E-state index contributed by atoms with van der Waals surface area (Å²) in [6, 6.07) is 6.93. The van der Waals surface area contributed by atoms with Crippen molar-refractivity contribution in [3.05, 3.63) is 29.8 Å². The van der Waals surface area contributed by atoms with Crippen LogP contribution >= 0.6 is 15.9 Å². The molecular weight excluding hydrogens is 290 g/mol.